The third-order valence-corrected chi connectivity index (χ3v) is 5.82. The zero-order chi connectivity index (χ0) is 20.0. The highest BCUT2D eigenvalue weighted by molar-refractivity contribution is 7.99. The monoisotopic (exact) mass is 435 g/mol. The molecule has 0 bridgehead atoms. The minimum atomic E-state index is -3.84. The molecule has 3 aromatic rings. The molecular formula is C17H14ClN5O3S2. The summed E-state index contributed by atoms with van der Waals surface area (Å²) in [5, 5.41) is 10.8. The number of hydrogen-bond donors (Lipinski definition) is 2. The van der Waals surface area contributed by atoms with Crippen molar-refractivity contribution in [1.29, 1.82) is 0 Å². The second-order valence-corrected chi connectivity index (χ2v) is 8.44. The Bertz CT molecular complexity index is 1050. The van der Waals surface area contributed by atoms with Crippen molar-refractivity contribution in [1.82, 2.24) is 15.2 Å². The van der Waals surface area contributed by atoms with Gasteiger partial charge in [-0.15, -0.1) is 10.2 Å². The molecule has 1 aromatic carbocycles. The van der Waals surface area contributed by atoms with Crippen molar-refractivity contribution in [3.63, 3.8) is 0 Å². The molecule has 0 spiro atoms. The molecule has 2 aromatic heterocycles. The summed E-state index contributed by atoms with van der Waals surface area (Å²) in [7, 11) is -3.84. The standard InChI is InChI=1S/C17H14ClN5O3S2/c18-14-8-9-15(22-21-14)23-28(25,26)13-6-4-12(5-7-13)20-16(24)11-27-17-3-1-2-10-19-17/h1-10H,11H2,(H,20,24)(H,22,23). The first-order chi connectivity index (χ1) is 13.4. The molecule has 0 atom stereocenters. The number of carbonyl (C=O) groups excluding carboxylic acids is 1. The first-order valence-corrected chi connectivity index (χ1v) is 10.7. The fourth-order valence-corrected chi connectivity index (χ4v) is 3.81. The Balaban J connectivity index is 1.59. The van der Waals surface area contributed by atoms with E-state index in [1.807, 2.05) is 12.1 Å². The minimum absolute atomic E-state index is 0.0186. The van der Waals surface area contributed by atoms with Crippen molar-refractivity contribution in [2.24, 2.45) is 0 Å². The summed E-state index contributed by atoms with van der Waals surface area (Å²) in [6.07, 6.45) is 1.66. The summed E-state index contributed by atoms with van der Waals surface area (Å²) in [6, 6.07) is 14.1. The number of anilines is 2. The van der Waals surface area contributed by atoms with E-state index < -0.39 is 10.0 Å². The van der Waals surface area contributed by atoms with E-state index in [-0.39, 0.29) is 27.5 Å². The van der Waals surface area contributed by atoms with Gasteiger partial charge in [0.05, 0.1) is 15.7 Å². The summed E-state index contributed by atoms with van der Waals surface area (Å²) < 4.78 is 27.0. The third kappa shape index (κ3) is 5.65. The highest BCUT2D eigenvalue weighted by Gasteiger charge is 2.15. The lowest BCUT2D eigenvalue weighted by Gasteiger charge is -2.08. The molecule has 8 nitrogen and oxygen atoms in total. The number of sulfonamides is 1. The van der Waals surface area contributed by atoms with E-state index in [9.17, 15) is 13.2 Å². The number of amides is 1. The molecule has 0 saturated carbocycles. The van der Waals surface area contributed by atoms with Gasteiger partial charge in [0.1, 0.15) is 0 Å². The van der Waals surface area contributed by atoms with E-state index in [2.05, 4.69) is 25.2 Å². The molecule has 0 aliphatic heterocycles. The molecule has 0 aliphatic rings. The lowest BCUT2D eigenvalue weighted by atomic mass is 10.3. The molecule has 1 amide bonds. The van der Waals surface area contributed by atoms with Gasteiger partial charge in [-0.25, -0.2) is 13.4 Å². The van der Waals surface area contributed by atoms with Crippen LogP contribution in [-0.2, 0) is 14.8 Å². The van der Waals surface area contributed by atoms with E-state index in [1.165, 1.54) is 48.2 Å². The number of benzene rings is 1. The van der Waals surface area contributed by atoms with Gasteiger partial charge < -0.3 is 5.32 Å². The van der Waals surface area contributed by atoms with E-state index in [0.29, 0.717) is 5.69 Å². The fourth-order valence-electron chi connectivity index (χ4n) is 2.05. The lowest BCUT2D eigenvalue weighted by Crippen LogP contribution is -2.16. The molecule has 11 heteroatoms. The van der Waals surface area contributed by atoms with Crippen LogP contribution in [0.1, 0.15) is 0 Å². The van der Waals surface area contributed by atoms with Crippen LogP contribution in [0.5, 0.6) is 0 Å². The van der Waals surface area contributed by atoms with Crippen molar-refractivity contribution in [3.05, 3.63) is 65.9 Å². The topological polar surface area (TPSA) is 114 Å². The Hall–Kier alpha value is -2.69. The van der Waals surface area contributed by atoms with E-state index in [1.54, 1.807) is 12.3 Å². The highest BCUT2D eigenvalue weighted by atomic mass is 35.5. The highest BCUT2D eigenvalue weighted by Crippen LogP contribution is 2.19. The Labute approximate surface area is 170 Å². The van der Waals surface area contributed by atoms with Crippen LogP contribution in [0.15, 0.2) is 70.7 Å². The molecule has 2 N–H and O–H groups in total. The number of thioether (sulfide) groups is 1. The van der Waals surface area contributed by atoms with Crippen LogP contribution in [0.3, 0.4) is 0 Å². The van der Waals surface area contributed by atoms with Gasteiger partial charge in [-0.3, -0.25) is 9.52 Å². The Morgan fingerprint density at radius 3 is 2.46 bits per heavy atom. The van der Waals surface area contributed by atoms with Crippen molar-refractivity contribution in [2.45, 2.75) is 9.92 Å². The predicted octanol–water partition coefficient (Wildman–Crippen LogP) is 3.06. The van der Waals surface area contributed by atoms with Gasteiger partial charge in [0.25, 0.3) is 10.0 Å². The summed E-state index contributed by atoms with van der Waals surface area (Å²) in [5.41, 5.74) is 0.483. The van der Waals surface area contributed by atoms with Gasteiger partial charge in [0, 0.05) is 11.9 Å². The molecule has 144 valence electrons. The normalized spacial score (nSPS) is 11.0. The number of carbonyl (C=O) groups is 1. The van der Waals surface area contributed by atoms with Crippen LogP contribution in [0.25, 0.3) is 0 Å². The molecule has 2 heterocycles. The minimum Gasteiger partial charge on any atom is -0.325 e. The first-order valence-electron chi connectivity index (χ1n) is 7.88. The number of pyridine rings is 1. The molecule has 0 radical (unpaired) electrons. The van der Waals surface area contributed by atoms with E-state index in [4.69, 9.17) is 11.6 Å². The van der Waals surface area contributed by atoms with Gasteiger partial charge in [-0.1, -0.05) is 29.4 Å². The average molecular weight is 436 g/mol. The summed E-state index contributed by atoms with van der Waals surface area (Å²) in [4.78, 5) is 16.2. The molecule has 28 heavy (non-hydrogen) atoms. The molecule has 0 fully saturated rings. The molecule has 0 unspecified atom stereocenters. The zero-order valence-corrected chi connectivity index (χ0v) is 16.6. The van der Waals surface area contributed by atoms with E-state index in [0.717, 1.165) is 5.03 Å². The maximum absolute atomic E-state index is 12.4. The maximum Gasteiger partial charge on any atom is 0.263 e. The van der Waals surface area contributed by atoms with Gasteiger partial charge >= 0.3 is 0 Å². The van der Waals surface area contributed by atoms with Crippen LogP contribution in [0.4, 0.5) is 11.5 Å². The Kier molecular flexibility index (Phi) is 6.45. The zero-order valence-electron chi connectivity index (χ0n) is 14.2. The van der Waals surface area contributed by atoms with Crippen LogP contribution >= 0.6 is 23.4 Å². The summed E-state index contributed by atoms with van der Waals surface area (Å²) in [6.45, 7) is 0. The number of aromatic nitrogens is 3. The Morgan fingerprint density at radius 1 is 1.04 bits per heavy atom. The average Bonchev–Trinajstić information content (AvgIpc) is 2.69. The number of hydrogen-bond acceptors (Lipinski definition) is 7. The molecule has 3 rings (SSSR count). The molecule has 0 saturated heterocycles. The van der Waals surface area contributed by atoms with Gasteiger partial charge in [-0.2, -0.15) is 0 Å². The van der Waals surface area contributed by atoms with Crippen LogP contribution in [-0.4, -0.2) is 35.3 Å². The molecule has 0 aliphatic carbocycles. The summed E-state index contributed by atoms with van der Waals surface area (Å²) in [5.74, 6) is 0.0163. The largest absolute Gasteiger partial charge is 0.325 e. The number of nitrogens with one attached hydrogen (secondary N) is 2. The van der Waals surface area contributed by atoms with Gasteiger partial charge in [0.15, 0.2) is 11.0 Å². The second-order valence-electron chi connectivity index (χ2n) is 5.38. The SMILES string of the molecule is O=C(CSc1ccccn1)Nc1ccc(S(=O)(=O)Nc2ccc(Cl)nn2)cc1. The van der Waals surface area contributed by atoms with Crippen molar-refractivity contribution in [3.8, 4) is 0 Å². The van der Waals surface area contributed by atoms with Crippen molar-refractivity contribution >= 4 is 50.8 Å². The number of nitrogens with zero attached hydrogens (tertiary/aromatic N) is 3. The van der Waals surface area contributed by atoms with Crippen LogP contribution < -0.4 is 10.0 Å². The third-order valence-electron chi connectivity index (χ3n) is 3.31. The Morgan fingerprint density at radius 2 is 1.82 bits per heavy atom. The quantitative estimate of drug-likeness (QED) is 0.548. The number of halogens is 1. The van der Waals surface area contributed by atoms with E-state index >= 15 is 0 Å². The summed E-state index contributed by atoms with van der Waals surface area (Å²) >= 11 is 6.93. The van der Waals surface area contributed by atoms with Gasteiger partial charge in [0.2, 0.25) is 5.91 Å². The van der Waals surface area contributed by atoms with Crippen molar-refractivity contribution in [2.75, 3.05) is 15.8 Å². The fraction of sp³-hybridized carbons (Fsp3) is 0.0588. The van der Waals surface area contributed by atoms with Crippen molar-refractivity contribution < 1.29 is 13.2 Å². The first kappa shape index (κ1) is 20.1. The lowest BCUT2D eigenvalue weighted by molar-refractivity contribution is -0.113. The predicted molar refractivity (Wildman–Crippen MR) is 108 cm³/mol. The smallest absolute Gasteiger partial charge is 0.263 e. The number of rotatable bonds is 7. The second kappa shape index (κ2) is 9.00. The van der Waals surface area contributed by atoms with Crippen LogP contribution in [0, 0.1) is 0 Å². The van der Waals surface area contributed by atoms with Gasteiger partial charge in [-0.05, 0) is 48.5 Å². The maximum atomic E-state index is 12.4. The van der Waals surface area contributed by atoms with Crippen LogP contribution in [0.2, 0.25) is 5.15 Å². The molecular weight excluding hydrogens is 422 g/mol.